The third-order valence-corrected chi connectivity index (χ3v) is 4.94. The number of rotatable bonds is 4. The zero-order valence-corrected chi connectivity index (χ0v) is 15.3. The number of esters is 1. The summed E-state index contributed by atoms with van der Waals surface area (Å²) in [5.41, 5.74) is 3.40. The molecule has 1 amide bonds. The number of hydrogen-bond acceptors (Lipinski definition) is 4. The minimum Gasteiger partial charge on any atom is -0.481 e. The highest BCUT2D eigenvalue weighted by atomic mass is 19.1. The first-order chi connectivity index (χ1) is 13.6. The highest BCUT2D eigenvalue weighted by Crippen LogP contribution is 2.29. The number of carbonyl (C=O) groups is 2. The Kier molecular flexibility index (Phi) is 4.73. The number of amides is 1. The van der Waals surface area contributed by atoms with Crippen molar-refractivity contribution in [2.45, 2.75) is 13.0 Å². The van der Waals surface area contributed by atoms with E-state index in [2.05, 4.69) is 4.98 Å². The molecule has 0 saturated heterocycles. The van der Waals surface area contributed by atoms with E-state index in [-0.39, 0.29) is 18.3 Å². The number of ether oxygens (including phenoxy) is 2. The molecule has 0 spiro atoms. The fraction of sp³-hybridized carbons (Fsp3) is 0.238. The summed E-state index contributed by atoms with van der Waals surface area (Å²) in [5, 5.41) is 0.894. The Hall–Kier alpha value is -3.35. The van der Waals surface area contributed by atoms with Crippen LogP contribution in [0, 0.1) is 5.82 Å². The zero-order chi connectivity index (χ0) is 19.7. The van der Waals surface area contributed by atoms with E-state index >= 15 is 0 Å². The molecule has 1 aliphatic heterocycles. The first-order valence-electron chi connectivity index (χ1n) is 8.93. The first kappa shape index (κ1) is 18.0. The molecule has 2 heterocycles. The lowest BCUT2D eigenvalue weighted by atomic mass is 10.0. The number of H-pyrrole nitrogens is 1. The van der Waals surface area contributed by atoms with E-state index in [1.165, 1.54) is 19.2 Å². The van der Waals surface area contributed by atoms with Crippen LogP contribution in [0.2, 0.25) is 0 Å². The second-order valence-electron chi connectivity index (χ2n) is 6.62. The van der Waals surface area contributed by atoms with Crippen LogP contribution in [0.4, 0.5) is 4.39 Å². The summed E-state index contributed by atoms with van der Waals surface area (Å²) in [4.78, 5) is 29.4. The average molecular weight is 382 g/mol. The summed E-state index contributed by atoms with van der Waals surface area (Å²) < 4.78 is 23.8. The Labute approximate surface area is 160 Å². The molecule has 0 saturated carbocycles. The van der Waals surface area contributed by atoms with Gasteiger partial charge >= 0.3 is 5.97 Å². The van der Waals surface area contributed by atoms with Gasteiger partial charge in [-0.05, 0) is 30.3 Å². The van der Waals surface area contributed by atoms with Crippen LogP contribution in [0.1, 0.15) is 21.6 Å². The normalized spacial score (nSPS) is 13.3. The molecule has 1 aliphatic rings. The number of nitrogens with zero attached hydrogens (tertiary/aromatic N) is 1. The Morgan fingerprint density at radius 1 is 1.21 bits per heavy atom. The Balaban J connectivity index is 1.52. The molecule has 0 radical (unpaired) electrons. The lowest BCUT2D eigenvalue weighted by Crippen LogP contribution is -2.38. The van der Waals surface area contributed by atoms with E-state index in [0.29, 0.717) is 25.1 Å². The van der Waals surface area contributed by atoms with Gasteiger partial charge in [0.15, 0.2) is 18.2 Å². The molecule has 3 aromatic rings. The second-order valence-corrected chi connectivity index (χ2v) is 6.62. The highest BCUT2D eigenvalue weighted by molar-refractivity contribution is 5.96. The molecule has 1 aromatic heterocycles. The molecule has 0 aliphatic carbocycles. The molecule has 0 unspecified atom stereocenters. The van der Waals surface area contributed by atoms with E-state index in [9.17, 15) is 14.0 Å². The van der Waals surface area contributed by atoms with Crippen molar-refractivity contribution in [1.82, 2.24) is 9.88 Å². The summed E-state index contributed by atoms with van der Waals surface area (Å²) >= 11 is 0. The predicted octanol–water partition coefficient (Wildman–Crippen LogP) is 3.06. The second kappa shape index (κ2) is 7.34. The number of hydrogen-bond donors (Lipinski definition) is 1. The minimum atomic E-state index is -0.497. The van der Waals surface area contributed by atoms with Gasteiger partial charge in [0.25, 0.3) is 5.91 Å². The number of nitrogens with one attached hydrogen (secondary N) is 1. The standard InChI is InChI=1S/C21H19FN2O4/c1-27-21(26)13-6-7-17-14(10-13)15-11-24(9-8-18(15)23-17)20(25)12-28-19-5-3-2-4-16(19)22/h2-7,10,23H,8-9,11-12H2,1H3. The third kappa shape index (κ3) is 3.31. The number of halogens is 1. The molecule has 1 N–H and O–H groups in total. The largest absolute Gasteiger partial charge is 0.481 e. The third-order valence-electron chi connectivity index (χ3n) is 4.94. The summed E-state index contributed by atoms with van der Waals surface area (Å²) in [6.07, 6.45) is 0.670. The van der Waals surface area contributed by atoms with Gasteiger partial charge in [0, 0.05) is 41.7 Å². The minimum absolute atomic E-state index is 0.0587. The molecule has 0 bridgehead atoms. The average Bonchev–Trinajstić information content (AvgIpc) is 3.09. The van der Waals surface area contributed by atoms with E-state index in [0.717, 1.165) is 22.2 Å². The van der Waals surface area contributed by atoms with Crippen molar-refractivity contribution in [3.63, 3.8) is 0 Å². The number of methoxy groups -OCH3 is 1. The van der Waals surface area contributed by atoms with Crippen LogP contribution >= 0.6 is 0 Å². The lowest BCUT2D eigenvalue weighted by Gasteiger charge is -2.27. The molecular weight excluding hydrogens is 363 g/mol. The van der Waals surface area contributed by atoms with Crippen molar-refractivity contribution < 1.29 is 23.5 Å². The van der Waals surface area contributed by atoms with Gasteiger partial charge in [0.1, 0.15) is 0 Å². The van der Waals surface area contributed by atoms with Gasteiger partial charge in [-0.3, -0.25) is 4.79 Å². The molecule has 6 nitrogen and oxygen atoms in total. The maximum Gasteiger partial charge on any atom is 0.337 e. The van der Waals surface area contributed by atoms with Gasteiger partial charge in [-0.25, -0.2) is 9.18 Å². The van der Waals surface area contributed by atoms with E-state index in [1.54, 1.807) is 29.2 Å². The zero-order valence-electron chi connectivity index (χ0n) is 15.3. The Bertz CT molecular complexity index is 1060. The first-order valence-corrected chi connectivity index (χ1v) is 8.93. The lowest BCUT2D eigenvalue weighted by molar-refractivity contribution is -0.134. The van der Waals surface area contributed by atoms with Gasteiger partial charge in [-0.15, -0.1) is 0 Å². The summed E-state index contributed by atoms with van der Waals surface area (Å²) in [7, 11) is 1.34. The van der Waals surface area contributed by atoms with Crippen molar-refractivity contribution in [2.75, 3.05) is 20.3 Å². The van der Waals surface area contributed by atoms with Crippen LogP contribution in [-0.4, -0.2) is 42.0 Å². The van der Waals surface area contributed by atoms with Crippen molar-refractivity contribution in [3.05, 3.63) is 65.1 Å². The quantitative estimate of drug-likeness (QED) is 0.704. The molecule has 2 aromatic carbocycles. The molecule has 0 fully saturated rings. The Morgan fingerprint density at radius 3 is 2.82 bits per heavy atom. The van der Waals surface area contributed by atoms with Gasteiger partial charge in [0.2, 0.25) is 0 Å². The number of aromatic amines is 1. The van der Waals surface area contributed by atoms with Crippen molar-refractivity contribution in [1.29, 1.82) is 0 Å². The smallest absolute Gasteiger partial charge is 0.337 e. The maximum absolute atomic E-state index is 13.7. The molecule has 7 heteroatoms. The fourth-order valence-electron chi connectivity index (χ4n) is 3.46. The number of aromatic nitrogens is 1. The molecule has 0 atom stereocenters. The topological polar surface area (TPSA) is 71.6 Å². The van der Waals surface area contributed by atoms with Crippen LogP contribution < -0.4 is 4.74 Å². The summed E-state index contributed by atoms with van der Waals surface area (Å²) in [5.74, 6) is -1.06. The predicted molar refractivity (Wildman–Crippen MR) is 101 cm³/mol. The van der Waals surface area contributed by atoms with Crippen LogP contribution in [0.5, 0.6) is 5.75 Å². The maximum atomic E-state index is 13.7. The molecule has 28 heavy (non-hydrogen) atoms. The van der Waals surface area contributed by atoms with Gasteiger partial charge in [-0.2, -0.15) is 0 Å². The van der Waals surface area contributed by atoms with Crippen molar-refractivity contribution in [3.8, 4) is 5.75 Å². The van der Waals surface area contributed by atoms with Crippen molar-refractivity contribution in [2.24, 2.45) is 0 Å². The number of benzene rings is 2. The number of para-hydroxylation sites is 1. The van der Waals surface area contributed by atoms with E-state index < -0.39 is 11.8 Å². The van der Waals surface area contributed by atoms with E-state index in [4.69, 9.17) is 9.47 Å². The SMILES string of the molecule is COC(=O)c1ccc2[nH]c3c(c2c1)CN(C(=O)COc1ccccc1F)CC3. The van der Waals surface area contributed by atoms with Gasteiger partial charge in [-0.1, -0.05) is 12.1 Å². The van der Waals surface area contributed by atoms with Crippen LogP contribution in [0.15, 0.2) is 42.5 Å². The summed E-state index contributed by atoms with van der Waals surface area (Å²) in [6, 6.07) is 11.3. The van der Waals surface area contributed by atoms with E-state index in [1.807, 2.05) is 6.07 Å². The number of carbonyl (C=O) groups excluding carboxylic acids is 2. The van der Waals surface area contributed by atoms with Crippen LogP contribution in [0.25, 0.3) is 10.9 Å². The van der Waals surface area contributed by atoms with Gasteiger partial charge < -0.3 is 19.4 Å². The molecule has 144 valence electrons. The number of fused-ring (bicyclic) bond motifs is 3. The van der Waals surface area contributed by atoms with Crippen LogP contribution in [-0.2, 0) is 22.5 Å². The highest BCUT2D eigenvalue weighted by Gasteiger charge is 2.25. The summed E-state index contributed by atoms with van der Waals surface area (Å²) in [6.45, 7) is 0.717. The van der Waals surface area contributed by atoms with Crippen molar-refractivity contribution >= 4 is 22.8 Å². The van der Waals surface area contributed by atoms with Crippen LogP contribution in [0.3, 0.4) is 0 Å². The Morgan fingerprint density at radius 2 is 2.04 bits per heavy atom. The molecular formula is C21H19FN2O4. The molecule has 4 rings (SSSR count). The fourth-order valence-corrected chi connectivity index (χ4v) is 3.46. The van der Waals surface area contributed by atoms with Gasteiger partial charge in [0.05, 0.1) is 12.7 Å². The monoisotopic (exact) mass is 382 g/mol.